The fourth-order valence-corrected chi connectivity index (χ4v) is 2.79. The highest BCUT2D eigenvalue weighted by Crippen LogP contribution is 2.33. The maximum Gasteiger partial charge on any atom is 0.212 e. The van der Waals surface area contributed by atoms with Crippen LogP contribution in [0.25, 0.3) is 11.0 Å². The summed E-state index contributed by atoms with van der Waals surface area (Å²) in [6.07, 6.45) is -0.624. The highest BCUT2D eigenvalue weighted by Gasteiger charge is 2.26. The Kier molecular flexibility index (Phi) is 2.80. The van der Waals surface area contributed by atoms with Gasteiger partial charge in [-0.15, -0.1) is 0 Å². The molecule has 1 aliphatic heterocycles. The summed E-state index contributed by atoms with van der Waals surface area (Å²) in [7, 11) is 0. The molecule has 1 aliphatic rings. The number of rotatable bonds is 1. The Balaban J connectivity index is 1.98. The average Bonchev–Trinajstić information content (AvgIpc) is 2.84. The number of benzene rings is 2. The van der Waals surface area contributed by atoms with Crippen LogP contribution in [0.15, 0.2) is 47.5 Å². The third-order valence-corrected chi connectivity index (χ3v) is 3.82. The number of aliphatic imine (C=N–C) groups is 1. The number of hydrogen-bond acceptors (Lipinski definition) is 4. The monoisotopic (exact) mass is 315 g/mol. The van der Waals surface area contributed by atoms with E-state index in [0.717, 1.165) is 11.0 Å². The van der Waals surface area contributed by atoms with Gasteiger partial charge in [-0.3, -0.25) is 9.88 Å². The Morgan fingerprint density at radius 3 is 2.86 bits per heavy atom. The molecule has 0 unspecified atom stereocenters. The van der Waals surface area contributed by atoms with Crippen LogP contribution in [0.2, 0.25) is 5.02 Å². The van der Waals surface area contributed by atoms with Gasteiger partial charge in [-0.05, 0) is 24.3 Å². The Labute approximate surface area is 130 Å². The third-order valence-electron chi connectivity index (χ3n) is 3.58. The lowest BCUT2D eigenvalue weighted by atomic mass is 10.1. The summed E-state index contributed by atoms with van der Waals surface area (Å²) < 4.78 is 16.1. The molecule has 3 aromatic rings. The van der Waals surface area contributed by atoms with Crippen molar-refractivity contribution in [2.75, 3.05) is 5.32 Å². The van der Waals surface area contributed by atoms with Gasteiger partial charge in [-0.2, -0.15) is 0 Å². The molecular weight excluding hydrogens is 305 g/mol. The van der Waals surface area contributed by atoms with Gasteiger partial charge in [0.05, 0.1) is 11.0 Å². The lowest BCUT2D eigenvalue weighted by Crippen LogP contribution is -2.31. The van der Waals surface area contributed by atoms with E-state index in [0.29, 0.717) is 16.5 Å². The predicted molar refractivity (Wildman–Crippen MR) is 84.5 cm³/mol. The fraction of sp³-hybridized carbons (Fsp3) is 0.0667. The topological polar surface area (TPSA) is 68.2 Å². The summed E-state index contributed by atoms with van der Waals surface area (Å²) in [5.41, 5.74) is 7.84. The molecule has 2 heterocycles. The van der Waals surface area contributed by atoms with Crippen LogP contribution in [0.4, 0.5) is 10.3 Å². The summed E-state index contributed by atoms with van der Waals surface area (Å²) >= 11 is 5.83. The molecule has 2 aromatic carbocycles. The zero-order valence-corrected chi connectivity index (χ0v) is 12.0. The molecule has 0 amide bonds. The first-order valence-electron chi connectivity index (χ1n) is 6.66. The van der Waals surface area contributed by atoms with Crippen molar-refractivity contribution in [3.8, 4) is 0 Å². The second-order valence-corrected chi connectivity index (χ2v) is 5.41. The summed E-state index contributed by atoms with van der Waals surface area (Å²) in [5.74, 6) is 0.301. The number of aromatic nitrogens is 2. The van der Waals surface area contributed by atoms with Crippen molar-refractivity contribution in [3.05, 3.63) is 58.9 Å². The molecular formula is C15H11ClFN5. The molecule has 4 rings (SSSR count). The number of fused-ring (bicyclic) bond motifs is 3. The van der Waals surface area contributed by atoms with E-state index in [1.165, 1.54) is 6.07 Å². The molecule has 0 fully saturated rings. The highest BCUT2D eigenvalue weighted by molar-refractivity contribution is 6.30. The third kappa shape index (κ3) is 1.92. The van der Waals surface area contributed by atoms with Crippen molar-refractivity contribution in [2.24, 2.45) is 10.7 Å². The molecule has 0 spiro atoms. The Morgan fingerprint density at radius 2 is 2.05 bits per heavy atom. The number of halogens is 2. The minimum atomic E-state index is -0.624. The van der Waals surface area contributed by atoms with Crippen LogP contribution < -0.4 is 11.1 Å². The number of nitrogens with two attached hydrogens (primary N) is 1. The quantitative estimate of drug-likeness (QED) is 0.725. The van der Waals surface area contributed by atoms with Gasteiger partial charge in [0.25, 0.3) is 0 Å². The predicted octanol–water partition coefficient (Wildman–Crippen LogP) is 3.12. The van der Waals surface area contributed by atoms with Crippen molar-refractivity contribution >= 4 is 34.5 Å². The van der Waals surface area contributed by atoms with Crippen LogP contribution in [0.5, 0.6) is 0 Å². The van der Waals surface area contributed by atoms with Gasteiger partial charge in [0, 0.05) is 10.6 Å². The number of nitrogens with zero attached hydrogens (tertiary/aromatic N) is 3. The normalized spacial score (nSPS) is 17.0. The maximum absolute atomic E-state index is 14.3. The van der Waals surface area contributed by atoms with E-state index in [1.54, 1.807) is 12.1 Å². The zero-order chi connectivity index (χ0) is 15.3. The molecule has 3 N–H and O–H groups in total. The first-order valence-corrected chi connectivity index (χ1v) is 7.03. The van der Waals surface area contributed by atoms with E-state index < -0.39 is 12.0 Å². The van der Waals surface area contributed by atoms with Gasteiger partial charge in [0.2, 0.25) is 5.95 Å². The Hall–Kier alpha value is -2.60. The molecule has 0 saturated heterocycles. The van der Waals surface area contributed by atoms with E-state index in [2.05, 4.69) is 15.3 Å². The molecule has 0 bridgehead atoms. The zero-order valence-electron chi connectivity index (χ0n) is 11.3. The molecule has 1 atom stereocenters. The fourth-order valence-electron chi connectivity index (χ4n) is 2.64. The smallest absolute Gasteiger partial charge is 0.212 e. The average molecular weight is 316 g/mol. The lowest BCUT2D eigenvalue weighted by Gasteiger charge is -2.24. The Morgan fingerprint density at radius 1 is 1.23 bits per heavy atom. The molecule has 0 radical (unpaired) electrons. The second kappa shape index (κ2) is 4.71. The van der Waals surface area contributed by atoms with Gasteiger partial charge in [0.1, 0.15) is 5.82 Å². The largest absolute Gasteiger partial charge is 0.370 e. The van der Waals surface area contributed by atoms with Crippen molar-refractivity contribution in [2.45, 2.75) is 6.17 Å². The van der Waals surface area contributed by atoms with Crippen LogP contribution in [0.1, 0.15) is 11.7 Å². The lowest BCUT2D eigenvalue weighted by molar-refractivity contribution is 0.551. The van der Waals surface area contributed by atoms with Gasteiger partial charge in [0.15, 0.2) is 12.1 Å². The number of imidazole rings is 1. The van der Waals surface area contributed by atoms with E-state index >= 15 is 0 Å². The number of guanidine groups is 1. The van der Waals surface area contributed by atoms with Crippen LogP contribution in [-0.4, -0.2) is 15.5 Å². The van der Waals surface area contributed by atoms with Crippen LogP contribution >= 0.6 is 11.6 Å². The second-order valence-electron chi connectivity index (χ2n) is 4.97. The van der Waals surface area contributed by atoms with E-state index in [-0.39, 0.29) is 5.96 Å². The number of para-hydroxylation sites is 2. The van der Waals surface area contributed by atoms with Crippen LogP contribution in [0.3, 0.4) is 0 Å². The first-order chi connectivity index (χ1) is 10.6. The maximum atomic E-state index is 14.3. The molecule has 5 nitrogen and oxygen atoms in total. The number of hydrogen-bond donors (Lipinski definition) is 2. The molecule has 0 aliphatic carbocycles. The minimum absolute atomic E-state index is 0.196. The van der Waals surface area contributed by atoms with Crippen molar-refractivity contribution in [1.82, 2.24) is 9.55 Å². The summed E-state index contributed by atoms with van der Waals surface area (Å²) in [4.78, 5) is 8.80. The van der Waals surface area contributed by atoms with E-state index in [4.69, 9.17) is 17.3 Å². The molecule has 0 saturated carbocycles. The number of nitrogens with one attached hydrogen (secondary N) is 1. The summed E-state index contributed by atoms with van der Waals surface area (Å²) in [6.45, 7) is 0. The summed E-state index contributed by atoms with van der Waals surface area (Å²) in [6, 6.07) is 12.1. The molecule has 1 aromatic heterocycles. The van der Waals surface area contributed by atoms with E-state index in [9.17, 15) is 4.39 Å². The van der Waals surface area contributed by atoms with Gasteiger partial charge in [-0.25, -0.2) is 14.4 Å². The van der Waals surface area contributed by atoms with Crippen LogP contribution in [0, 0.1) is 5.82 Å². The standard InChI is InChI=1S/C15H11ClFN5/c16-8-5-6-9(10(17)7-8)13-20-14(18)21-15-19-11-3-1-2-4-12(11)22(13)15/h1-7,13H,(H3,18,19,20,21)/t13-/m1/s1. The molecule has 22 heavy (non-hydrogen) atoms. The first kappa shape index (κ1) is 13.1. The Bertz CT molecular complexity index is 917. The molecule has 7 heteroatoms. The van der Waals surface area contributed by atoms with Gasteiger partial charge >= 0.3 is 0 Å². The molecule has 110 valence electrons. The van der Waals surface area contributed by atoms with Crippen molar-refractivity contribution in [1.29, 1.82) is 0 Å². The minimum Gasteiger partial charge on any atom is -0.370 e. The summed E-state index contributed by atoms with van der Waals surface area (Å²) in [5, 5.41) is 3.25. The van der Waals surface area contributed by atoms with Crippen molar-refractivity contribution < 1.29 is 4.39 Å². The van der Waals surface area contributed by atoms with Gasteiger partial charge in [-0.1, -0.05) is 29.8 Å². The van der Waals surface area contributed by atoms with Crippen molar-refractivity contribution in [3.63, 3.8) is 0 Å². The van der Waals surface area contributed by atoms with E-state index in [1.807, 2.05) is 28.8 Å². The van der Waals surface area contributed by atoms with Crippen LogP contribution in [-0.2, 0) is 0 Å². The number of anilines is 1. The van der Waals surface area contributed by atoms with Gasteiger partial charge < -0.3 is 5.73 Å². The highest BCUT2D eigenvalue weighted by atomic mass is 35.5. The SMILES string of the molecule is NC1=N[C@@H](c2ccc(Cl)cc2F)n2c(nc3ccccc32)N1.